The lowest BCUT2D eigenvalue weighted by atomic mass is 10.1. The zero-order chi connectivity index (χ0) is 13.4. The maximum Gasteiger partial charge on any atom is 0.318 e. The Hall–Kier alpha value is -1.14. The molecule has 0 fully saturated rings. The first-order valence-corrected chi connectivity index (χ1v) is 5.92. The van der Waals surface area contributed by atoms with E-state index >= 15 is 0 Å². The Balaban J connectivity index is 4.43. The average Bonchev–Trinajstić information content (AvgIpc) is 2.21. The van der Waals surface area contributed by atoms with Gasteiger partial charge in [-0.2, -0.15) is 0 Å². The molecule has 0 aromatic rings. The molecule has 0 aliphatic rings. The molecule has 3 amide bonds. The highest BCUT2D eigenvalue weighted by Gasteiger charge is 2.22. The lowest BCUT2D eigenvalue weighted by Gasteiger charge is -2.29. The molecule has 0 aliphatic heterocycles. The summed E-state index contributed by atoms with van der Waals surface area (Å²) in [6.45, 7) is 8.02. The van der Waals surface area contributed by atoms with Crippen molar-refractivity contribution in [3.63, 3.8) is 0 Å². The molecule has 17 heavy (non-hydrogen) atoms. The van der Waals surface area contributed by atoms with E-state index in [0.29, 0.717) is 12.5 Å². The van der Waals surface area contributed by atoms with Crippen LogP contribution in [0.5, 0.6) is 0 Å². The van der Waals surface area contributed by atoms with E-state index in [1.165, 1.54) is 0 Å². The van der Waals surface area contributed by atoms with E-state index in [1.807, 2.05) is 4.90 Å². The van der Waals surface area contributed by atoms with Crippen LogP contribution in [0.1, 0.15) is 27.2 Å². The maximum atomic E-state index is 11.7. The Morgan fingerprint density at radius 2 is 1.88 bits per heavy atom. The highest BCUT2D eigenvalue weighted by atomic mass is 16.2. The largest absolute Gasteiger partial charge is 0.351 e. The highest BCUT2D eigenvalue weighted by Crippen LogP contribution is 2.05. The van der Waals surface area contributed by atoms with E-state index in [2.05, 4.69) is 19.2 Å². The smallest absolute Gasteiger partial charge is 0.318 e. The molecule has 0 bridgehead atoms. The van der Waals surface area contributed by atoms with Crippen molar-refractivity contribution >= 4 is 11.9 Å². The van der Waals surface area contributed by atoms with Crippen LogP contribution in [0, 0.1) is 5.92 Å². The molecule has 0 saturated carbocycles. The summed E-state index contributed by atoms with van der Waals surface area (Å²) in [5, 5.41) is 2.10. The zero-order valence-electron chi connectivity index (χ0n) is 10.9. The fraction of sp³-hybridized carbons (Fsp3) is 0.818. The number of amides is 3. The van der Waals surface area contributed by atoms with Gasteiger partial charge in [0.05, 0.1) is 6.04 Å². The average molecular weight is 244 g/mol. The molecule has 6 heteroatoms. The molecule has 0 aromatic heterocycles. The number of hydrogen-bond donors (Lipinski definition) is 3. The molecular formula is C11H24N4O2. The van der Waals surface area contributed by atoms with Crippen molar-refractivity contribution in [2.24, 2.45) is 17.4 Å². The minimum absolute atomic E-state index is 0.366. The minimum atomic E-state index is -0.815. The van der Waals surface area contributed by atoms with E-state index in [0.717, 1.165) is 19.5 Å². The second-order valence-electron chi connectivity index (χ2n) is 4.56. The predicted molar refractivity (Wildman–Crippen MR) is 67.3 cm³/mol. The van der Waals surface area contributed by atoms with Crippen LogP contribution in [-0.4, -0.2) is 42.5 Å². The van der Waals surface area contributed by atoms with Gasteiger partial charge in [-0.05, 0) is 25.8 Å². The van der Waals surface area contributed by atoms with E-state index in [9.17, 15) is 9.59 Å². The number of rotatable bonds is 7. The van der Waals surface area contributed by atoms with Gasteiger partial charge < -0.3 is 11.5 Å². The van der Waals surface area contributed by atoms with Crippen molar-refractivity contribution in [2.45, 2.75) is 33.2 Å². The summed E-state index contributed by atoms with van der Waals surface area (Å²) in [7, 11) is 0. The molecular weight excluding hydrogens is 220 g/mol. The zero-order valence-corrected chi connectivity index (χ0v) is 10.9. The lowest BCUT2D eigenvalue weighted by Crippen LogP contribution is -2.49. The van der Waals surface area contributed by atoms with Gasteiger partial charge in [0.2, 0.25) is 5.91 Å². The summed E-state index contributed by atoms with van der Waals surface area (Å²) in [4.78, 5) is 24.3. The van der Waals surface area contributed by atoms with Gasteiger partial charge >= 0.3 is 6.03 Å². The summed E-state index contributed by atoms with van der Waals surface area (Å²) >= 11 is 0. The lowest BCUT2D eigenvalue weighted by molar-refractivity contribution is -0.124. The van der Waals surface area contributed by atoms with Crippen LogP contribution >= 0.6 is 0 Å². The van der Waals surface area contributed by atoms with Gasteiger partial charge in [0.25, 0.3) is 0 Å². The molecule has 0 rings (SSSR count). The fourth-order valence-electron chi connectivity index (χ4n) is 1.60. The predicted octanol–water partition coefficient (Wildman–Crippen LogP) is -0.123. The van der Waals surface area contributed by atoms with Crippen LogP contribution in [0.3, 0.4) is 0 Å². The number of nitrogens with two attached hydrogens (primary N) is 2. The number of nitrogens with one attached hydrogen (secondary N) is 1. The first kappa shape index (κ1) is 15.9. The van der Waals surface area contributed by atoms with Gasteiger partial charge in [-0.25, -0.2) is 4.79 Å². The van der Waals surface area contributed by atoms with E-state index in [-0.39, 0.29) is 11.9 Å². The monoisotopic (exact) mass is 244 g/mol. The van der Waals surface area contributed by atoms with Crippen molar-refractivity contribution in [1.29, 1.82) is 0 Å². The normalized spacial score (nSPS) is 12.8. The summed E-state index contributed by atoms with van der Waals surface area (Å²) < 4.78 is 0. The standard InChI is InChI=1S/C11H24N4O2/c1-8(2)7-15(6-4-5-12)9(3)10(16)14-11(13)17/h8-9H,4-7,12H2,1-3H3,(H3,13,14,16,17). The summed E-state index contributed by atoms with van der Waals surface area (Å²) in [5.74, 6) is 0.0757. The van der Waals surface area contributed by atoms with Crippen LogP contribution in [0.25, 0.3) is 0 Å². The molecule has 1 unspecified atom stereocenters. The Morgan fingerprint density at radius 3 is 2.29 bits per heavy atom. The second kappa shape index (κ2) is 8.03. The molecule has 100 valence electrons. The third kappa shape index (κ3) is 6.91. The number of carbonyl (C=O) groups excluding carboxylic acids is 2. The Kier molecular flexibility index (Phi) is 7.49. The molecule has 5 N–H and O–H groups in total. The van der Waals surface area contributed by atoms with E-state index in [1.54, 1.807) is 6.92 Å². The number of nitrogens with zero attached hydrogens (tertiary/aromatic N) is 1. The number of imide groups is 1. The first-order chi connectivity index (χ1) is 7.88. The van der Waals surface area contributed by atoms with Gasteiger partial charge in [0.15, 0.2) is 0 Å². The topological polar surface area (TPSA) is 101 Å². The van der Waals surface area contributed by atoms with Crippen molar-refractivity contribution in [1.82, 2.24) is 10.2 Å². The Bertz CT molecular complexity index is 256. The number of primary amides is 1. The van der Waals surface area contributed by atoms with Crippen LogP contribution in [0.15, 0.2) is 0 Å². The Labute approximate surface area is 103 Å². The number of hydrogen-bond acceptors (Lipinski definition) is 4. The summed E-state index contributed by atoms with van der Waals surface area (Å²) in [6.07, 6.45) is 0.820. The van der Waals surface area contributed by atoms with Gasteiger partial charge in [0, 0.05) is 13.1 Å². The van der Waals surface area contributed by atoms with Crippen LogP contribution in [0.4, 0.5) is 4.79 Å². The SMILES string of the molecule is CC(C)CN(CCCN)C(C)C(=O)NC(N)=O. The number of urea groups is 1. The van der Waals surface area contributed by atoms with E-state index in [4.69, 9.17) is 11.5 Å². The Morgan fingerprint density at radius 1 is 1.29 bits per heavy atom. The van der Waals surface area contributed by atoms with Crippen molar-refractivity contribution < 1.29 is 9.59 Å². The van der Waals surface area contributed by atoms with Gasteiger partial charge in [-0.3, -0.25) is 15.0 Å². The van der Waals surface area contributed by atoms with E-state index < -0.39 is 6.03 Å². The maximum absolute atomic E-state index is 11.7. The third-order valence-corrected chi connectivity index (χ3v) is 2.42. The van der Waals surface area contributed by atoms with Crippen molar-refractivity contribution in [3.8, 4) is 0 Å². The molecule has 0 aromatic carbocycles. The quantitative estimate of drug-likeness (QED) is 0.581. The van der Waals surface area contributed by atoms with Crippen molar-refractivity contribution in [3.05, 3.63) is 0 Å². The molecule has 0 saturated heterocycles. The third-order valence-electron chi connectivity index (χ3n) is 2.42. The minimum Gasteiger partial charge on any atom is -0.351 e. The van der Waals surface area contributed by atoms with Gasteiger partial charge in [-0.1, -0.05) is 13.8 Å². The molecule has 0 heterocycles. The van der Waals surface area contributed by atoms with Crippen LogP contribution in [0.2, 0.25) is 0 Å². The fourth-order valence-corrected chi connectivity index (χ4v) is 1.60. The van der Waals surface area contributed by atoms with Crippen LogP contribution in [-0.2, 0) is 4.79 Å². The van der Waals surface area contributed by atoms with Crippen molar-refractivity contribution in [2.75, 3.05) is 19.6 Å². The summed E-state index contributed by atoms with van der Waals surface area (Å²) in [5.41, 5.74) is 10.4. The molecule has 6 nitrogen and oxygen atoms in total. The van der Waals surface area contributed by atoms with Gasteiger partial charge in [0.1, 0.15) is 0 Å². The molecule has 0 spiro atoms. The molecule has 0 radical (unpaired) electrons. The number of carbonyl (C=O) groups is 2. The highest BCUT2D eigenvalue weighted by molar-refractivity contribution is 5.96. The molecule has 0 aliphatic carbocycles. The first-order valence-electron chi connectivity index (χ1n) is 5.92. The second-order valence-corrected chi connectivity index (χ2v) is 4.56. The molecule has 1 atom stereocenters. The van der Waals surface area contributed by atoms with Crippen LogP contribution < -0.4 is 16.8 Å². The van der Waals surface area contributed by atoms with Gasteiger partial charge in [-0.15, -0.1) is 0 Å². The summed E-state index contributed by atoms with van der Waals surface area (Å²) in [6, 6.07) is -1.19.